The highest BCUT2D eigenvalue weighted by Crippen LogP contribution is 2.26. The van der Waals surface area contributed by atoms with Crippen molar-refractivity contribution in [3.8, 4) is 5.75 Å². The smallest absolute Gasteiger partial charge is 0.274 e. The summed E-state index contributed by atoms with van der Waals surface area (Å²) < 4.78 is 9.46. The number of fused-ring (bicyclic) bond motifs is 1. The van der Waals surface area contributed by atoms with Gasteiger partial charge < -0.3 is 29.2 Å². The summed E-state index contributed by atoms with van der Waals surface area (Å²) in [6.07, 6.45) is 8.62. The molecule has 2 aliphatic rings. The number of carbonyl (C=O) groups is 1. The maximum Gasteiger partial charge on any atom is 0.274 e. The first kappa shape index (κ1) is 33.7. The Morgan fingerprint density at radius 3 is 2.58 bits per heavy atom. The van der Waals surface area contributed by atoms with Crippen molar-refractivity contribution in [1.29, 1.82) is 5.41 Å². The number of nitrogens with one attached hydrogen (secondary N) is 2. The molecule has 5 rings (SSSR count). The summed E-state index contributed by atoms with van der Waals surface area (Å²) >= 11 is 0. The van der Waals surface area contributed by atoms with Crippen LogP contribution >= 0.6 is 0 Å². The third kappa shape index (κ3) is 7.72. The molecule has 1 fully saturated rings. The number of nitrogens with zero attached hydrogens (tertiary/aromatic N) is 5. The van der Waals surface area contributed by atoms with Gasteiger partial charge in [0.25, 0.3) is 5.56 Å². The molecule has 0 atom stereocenters. The van der Waals surface area contributed by atoms with Gasteiger partial charge in [-0.05, 0) is 80.6 Å². The third-order valence-electron chi connectivity index (χ3n) is 8.45. The first-order valence-corrected chi connectivity index (χ1v) is 15.7. The minimum atomic E-state index is -0.334. The van der Waals surface area contributed by atoms with Crippen LogP contribution in [-0.4, -0.2) is 87.6 Å². The molecule has 11 heteroatoms. The van der Waals surface area contributed by atoms with Gasteiger partial charge in [0.15, 0.2) is 6.29 Å². The van der Waals surface area contributed by atoms with Gasteiger partial charge in [-0.3, -0.25) is 19.9 Å². The van der Waals surface area contributed by atoms with Gasteiger partial charge in [-0.2, -0.15) is 0 Å². The maximum absolute atomic E-state index is 13.0. The van der Waals surface area contributed by atoms with Crippen LogP contribution in [0.3, 0.4) is 0 Å². The predicted molar refractivity (Wildman–Crippen MR) is 179 cm³/mol. The van der Waals surface area contributed by atoms with Gasteiger partial charge in [0.05, 0.1) is 18.5 Å². The Balaban J connectivity index is 0.00000226. The molecule has 4 heterocycles. The zero-order valence-corrected chi connectivity index (χ0v) is 27.4. The standard InChI is InChI=1S/C32H41N7O4.C2H6/c1-21(27(20-41)31(33)37(3)11-12-39-24(19-40)13-22-7-5-6-8-29(22)39)23-14-28(32(42)38(4)16-23)35-30-10-9-25(15-34-30)43-26-17-36(2)18-26;1-2/h9-10,13-16,19,26,33,41H,5-8,11-12,17-18,20H2,1-4H3,(H,34,35);1-2H3/b27-21+,33-31?;. The van der Waals surface area contributed by atoms with Gasteiger partial charge in [-0.25, -0.2) is 4.98 Å². The van der Waals surface area contributed by atoms with Crippen LogP contribution in [0.25, 0.3) is 5.57 Å². The van der Waals surface area contributed by atoms with E-state index < -0.39 is 0 Å². The lowest BCUT2D eigenvalue weighted by molar-refractivity contribution is 0.0386. The van der Waals surface area contributed by atoms with Crippen molar-refractivity contribution in [1.82, 2.24) is 23.9 Å². The number of hydrogen-bond donors (Lipinski definition) is 3. The average molecular weight is 618 g/mol. The summed E-state index contributed by atoms with van der Waals surface area (Å²) in [6.45, 7) is 8.35. The summed E-state index contributed by atoms with van der Waals surface area (Å²) in [4.78, 5) is 33.1. The van der Waals surface area contributed by atoms with Gasteiger partial charge in [0, 0.05) is 57.7 Å². The SMILES string of the molecule is C/C(=C(/CO)C(=N)N(C)CCn1c(C=O)cc2c1CCCC2)c1cc(Nc2ccc(OC3CN(C)C3)cn2)c(=O)n(C)c1.CC. The number of likely N-dealkylation sites (N-methyl/N-ethyl adjacent to an activating group) is 2. The highest BCUT2D eigenvalue weighted by Gasteiger charge is 2.25. The van der Waals surface area contributed by atoms with E-state index in [9.17, 15) is 14.7 Å². The number of rotatable bonds is 11. The quantitative estimate of drug-likeness (QED) is 0.167. The molecule has 0 spiro atoms. The van der Waals surface area contributed by atoms with Crippen LogP contribution in [0.15, 0.2) is 47.0 Å². The first-order valence-electron chi connectivity index (χ1n) is 15.7. The lowest BCUT2D eigenvalue weighted by Crippen LogP contribution is -2.51. The third-order valence-corrected chi connectivity index (χ3v) is 8.45. The molecule has 0 saturated carbocycles. The molecule has 0 radical (unpaired) electrons. The molecular weight excluding hydrogens is 570 g/mol. The van der Waals surface area contributed by atoms with E-state index in [1.54, 1.807) is 36.5 Å². The molecule has 242 valence electrons. The monoisotopic (exact) mass is 617 g/mol. The number of pyridine rings is 2. The Kier molecular flexibility index (Phi) is 11.4. The highest BCUT2D eigenvalue weighted by molar-refractivity contribution is 6.03. The van der Waals surface area contributed by atoms with Crippen LogP contribution in [0, 0.1) is 5.41 Å². The van der Waals surface area contributed by atoms with E-state index >= 15 is 0 Å². The molecular formula is C34H47N7O4. The average Bonchev–Trinajstić information content (AvgIpc) is 3.40. The second-order valence-corrected chi connectivity index (χ2v) is 11.6. The molecule has 1 saturated heterocycles. The Morgan fingerprint density at radius 1 is 1.20 bits per heavy atom. The van der Waals surface area contributed by atoms with E-state index in [-0.39, 0.29) is 24.1 Å². The molecule has 0 bridgehead atoms. The van der Waals surface area contributed by atoms with Crippen LogP contribution in [0.5, 0.6) is 5.75 Å². The number of allylic oxidation sites excluding steroid dienone is 1. The minimum absolute atomic E-state index is 0.163. The minimum Gasteiger partial charge on any atom is -0.486 e. The Morgan fingerprint density at radius 2 is 1.93 bits per heavy atom. The summed E-state index contributed by atoms with van der Waals surface area (Å²) in [5.74, 6) is 1.37. The van der Waals surface area contributed by atoms with E-state index in [1.807, 2.05) is 47.0 Å². The van der Waals surface area contributed by atoms with Crippen molar-refractivity contribution in [2.45, 2.75) is 59.1 Å². The number of aldehydes is 1. The Bertz CT molecular complexity index is 1580. The van der Waals surface area contributed by atoms with Gasteiger partial charge in [0.2, 0.25) is 0 Å². The largest absolute Gasteiger partial charge is 0.486 e. The number of ether oxygens (including phenoxy) is 1. The van der Waals surface area contributed by atoms with Gasteiger partial charge >= 0.3 is 0 Å². The molecule has 3 aromatic heterocycles. The molecule has 3 N–H and O–H groups in total. The van der Waals surface area contributed by atoms with Crippen molar-refractivity contribution in [2.75, 3.05) is 45.7 Å². The van der Waals surface area contributed by atoms with Crippen LogP contribution in [0.4, 0.5) is 11.5 Å². The lowest BCUT2D eigenvalue weighted by Gasteiger charge is -2.35. The Labute approximate surface area is 265 Å². The normalized spacial score (nSPS) is 15.2. The summed E-state index contributed by atoms with van der Waals surface area (Å²) in [6, 6.07) is 7.32. The molecule has 0 aromatic carbocycles. The summed E-state index contributed by atoms with van der Waals surface area (Å²) in [5.41, 5.74) is 5.09. The maximum atomic E-state index is 13.0. The van der Waals surface area contributed by atoms with Crippen LogP contribution in [0.1, 0.15) is 60.9 Å². The van der Waals surface area contributed by atoms with E-state index in [2.05, 4.69) is 19.8 Å². The second kappa shape index (κ2) is 15.2. The molecule has 45 heavy (non-hydrogen) atoms. The van der Waals surface area contributed by atoms with E-state index in [4.69, 9.17) is 10.1 Å². The number of carbonyl (C=O) groups excluding carboxylic acids is 1. The molecule has 1 aliphatic heterocycles. The number of anilines is 2. The van der Waals surface area contributed by atoms with Gasteiger partial charge in [0.1, 0.15) is 29.2 Å². The van der Waals surface area contributed by atoms with E-state index in [1.165, 1.54) is 15.8 Å². The highest BCUT2D eigenvalue weighted by atomic mass is 16.5. The van der Waals surface area contributed by atoms with Crippen LogP contribution in [-0.2, 0) is 26.4 Å². The van der Waals surface area contributed by atoms with Crippen LogP contribution < -0.4 is 15.6 Å². The fourth-order valence-corrected chi connectivity index (χ4v) is 5.87. The lowest BCUT2D eigenvalue weighted by atomic mass is 9.98. The van der Waals surface area contributed by atoms with E-state index in [0.29, 0.717) is 52.7 Å². The number of aliphatic hydroxyl groups is 1. The number of aromatic nitrogens is 3. The molecule has 3 aromatic rings. The topological polar surface area (TPSA) is 129 Å². The van der Waals surface area contributed by atoms with Crippen molar-refractivity contribution < 1.29 is 14.6 Å². The Hall–Kier alpha value is -4.22. The van der Waals surface area contributed by atoms with Crippen molar-refractivity contribution in [3.05, 3.63) is 75.1 Å². The summed E-state index contributed by atoms with van der Waals surface area (Å²) in [5, 5.41) is 22.3. The van der Waals surface area contributed by atoms with Crippen molar-refractivity contribution in [3.63, 3.8) is 0 Å². The summed E-state index contributed by atoms with van der Waals surface area (Å²) in [7, 11) is 5.53. The number of hydrogen-bond acceptors (Lipinski definition) is 8. The van der Waals surface area contributed by atoms with E-state index in [0.717, 1.165) is 45.1 Å². The van der Waals surface area contributed by atoms with Gasteiger partial charge in [-0.1, -0.05) is 13.8 Å². The number of likely N-dealkylation sites (tertiary alicyclic amines) is 1. The number of aryl methyl sites for hydroxylation is 2. The fourth-order valence-electron chi connectivity index (χ4n) is 5.87. The number of aliphatic hydroxyl groups excluding tert-OH is 1. The van der Waals surface area contributed by atoms with Crippen molar-refractivity contribution in [2.24, 2.45) is 7.05 Å². The number of amidine groups is 1. The molecule has 0 unspecified atom stereocenters. The van der Waals surface area contributed by atoms with Crippen molar-refractivity contribution >= 4 is 29.2 Å². The zero-order valence-electron chi connectivity index (χ0n) is 27.4. The first-order chi connectivity index (χ1) is 21.7. The zero-order chi connectivity index (χ0) is 32.7. The van der Waals surface area contributed by atoms with Gasteiger partial charge in [-0.15, -0.1) is 0 Å². The predicted octanol–water partition coefficient (Wildman–Crippen LogP) is 4.11. The fraction of sp³-hybridized carbons (Fsp3) is 0.471. The second-order valence-electron chi connectivity index (χ2n) is 11.6. The van der Waals surface area contributed by atoms with Crippen LogP contribution in [0.2, 0.25) is 0 Å². The molecule has 0 amide bonds. The molecule has 1 aliphatic carbocycles. The molecule has 11 nitrogen and oxygen atoms in total.